The van der Waals surface area contributed by atoms with Crippen LogP contribution in [0.5, 0.6) is 0 Å². The average Bonchev–Trinajstić information content (AvgIpc) is 2.54. The maximum Gasteiger partial charge on any atom is 0.178 e. The number of rotatable bonds is 5. The molecule has 1 heterocycles. The zero-order valence-corrected chi connectivity index (χ0v) is 14.0. The van der Waals surface area contributed by atoms with Crippen molar-refractivity contribution in [1.29, 1.82) is 0 Å². The van der Waals surface area contributed by atoms with Crippen LogP contribution < -0.4 is 10.2 Å². The topological polar surface area (TPSA) is 49.4 Å². The van der Waals surface area contributed by atoms with Crippen molar-refractivity contribution in [3.8, 4) is 0 Å². The van der Waals surface area contributed by atoms with Gasteiger partial charge in [-0.1, -0.05) is 6.92 Å². The summed E-state index contributed by atoms with van der Waals surface area (Å²) in [7, 11) is -1.09. The maximum absolute atomic E-state index is 11.8. The molecule has 1 aliphatic heterocycles. The first-order valence-corrected chi connectivity index (χ1v) is 9.38. The quantitative estimate of drug-likeness (QED) is 0.906. The molecule has 0 aromatic heterocycles. The largest absolute Gasteiger partial charge is 0.371 e. The van der Waals surface area contributed by atoms with Crippen LogP contribution >= 0.6 is 0 Å². The number of sulfone groups is 1. The lowest BCUT2D eigenvalue weighted by molar-refractivity contribution is 0.333. The summed E-state index contributed by atoms with van der Waals surface area (Å²) >= 11 is 0. The number of nitrogens with one attached hydrogen (secondary N) is 1. The molecule has 2 rings (SSSR count). The van der Waals surface area contributed by atoms with E-state index >= 15 is 0 Å². The number of nitrogens with zero attached hydrogens (tertiary/aromatic N) is 1. The standard InChI is InChI=1S/C16H26N2O2S/c1-4-21(19,20)16-9-7-15(8-10-16)18-11-5-6-14(12-18)13(2)17-3/h7-10,13-14,17H,4-6,11-12H2,1-3H3. The average molecular weight is 310 g/mol. The molecule has 21 heavy (non-hydrogen) atoms. The molecule has 0 saturated carbocycles. The van der Waals surface area contributed by atoms with Crippen molar-refractivity contribution in [3.63, 3.8) is 0 Å². The van der Waals surface area contributed by atoms with E-state index in [1.54, 1.807) is 19.1 Å². The van der Waals surface area contributed by atoms with Gasteiger partial charge < -0.3 is 10.2 Å². The molecule has 1 saturated heterocycles. The minimum atomic E-state index is -3.10. The van der Waals surface area contributed by atoms with Gasteiger partial charge in [0.05, 0.1) is 10.6 Å². The fourth-order valence-electron chi connectivity index (χ4n) is 2.92. The minimum Gasteiger partial charge on any atom is -0.371 e. The van der Waals surface area contributed by atoms with Gasteiger partial charge in [0.15, 0.2) is 9.84 Å². The predicted octanol–water partition coefficient (Wildman–Crippen LogP) is 2.30. The molecule has 5 heteroatoms. The van der Waals surface area contributed by atoms with Gasteiger partial charge in [0.1, 0.15) is 0 Å². The van der Waals surface area contributed by atoms with E-state index in [0.717, 1.165) is 18.8 Å². The molecule has 0 radical (unpaired) electrons. The number of anilines is 1. The zero-order valence-electron chi connectivity index (χ0n) is 13.2. The van der Waals surface area contributed by atoms with Gasteiger partial charge in [-0.3, -0.25) is 0 Å². The summed E-state index contributed by atoms with van der Waals surface area (Å²) in [5, 5.41) is 3.34. The summed E-state index contributed by atoms with van der Waals surface area (Å²) in [5.74, 6) is 0.792. The third-order valence-corrected chi connectivity index (χ3v) is 6.31. The summed E-state index contributed by atoms with van der Waals surface area (Å²) in [6.07, 6.45) is 2.44. The Morgan fingerprint density at radius 3 is 2.57 bits per heavy atom. The third-order valence-electron chi connectivity index (χ3n) is 4.56. The van der Waals surface area contributed by atoms with Crippen LogP contribution in [-0.2, 0) is 9.84 Å². The van der Waals surface area contributed by atoms with Crippen molar-refractivity contribution in [2.24, 2.45) is 5.92 Å². The van der Waals surface area contributed by atoms with Gasteiger partial charge in [0.25, 0.3) is 0 Å². The second-order valence-electron chi connectivity index (χ2n) is 5.82. The van der Waals surface area contributed by atoms with E-state index in [-0.39, 0.29) is 5.75 Å². The van der Waals surface area contributed by atoms with Crippen LogP contribution in [0.4, 0.5) is 5.69 Å². The number of benzene rings is 1. The molecule has 1 aromatic rings. The molecule has 0 aliphatic carbocycles. The van der Waals surface area contributed by atoms with E-state index < -0.39 is 9.84 Å². The van der Waals surface area contributed by atoms with Crippen LogP contribution in [0.2, 0.25) is 0 Å². The number of hydrogen-bond donors (Lipinski definition) is 1. The highest BCUT2D eigenvalue weighted by atomic mass is 32.2. The molecule has 2 unspecified atom stereocenters. The van der Waals surface area contributed by atoms with Crippen LogP contribution in [0, 0.1) is 5.92 Å². The first-order valence-electron chi connectivity index (χ1n) is 7.73. The highest BCUT2D eigenvalue weighted by Gasteiger charge is 2.24. The van der Waals surface area contributed by atoms with Gasteiger partial charge >= 0.3 is 0 Å². The Kier molecular flexibility index (Phi) is 5.27. The predicted molar refractivity (Wildman–Crippen MR) is 87.6 cm³/mol. The van der Waals surface area contributed by atoms with Gasteiger partial charge in [-0.05, 0) is 57.0 Å². The van der Waals surface area contributed by atoms with Gasteiger partial charge in [-0.2, -0.15) is 0 Å². The van der Waals surface area contributed by atoms with Crippen molar-refractivity contribution in [3.05, 3.63) is 24.3 Å². The maximum atomic E-state index is 11.8. The lowest BCUT2D eigenvalue weighted by Gasteiger charge is -2.37. The molecule has 1 aromatic carbocycles. The molecule has 118 valence electrons. The Hall–Kier alpha value is -1.07. The smallest absolute Gasteiger partial charge is 0.178 e. The molecule has 1 N–H and O–H groups in total. The second kappa shape index (κ2) is 6.79. The zero-order chi connectivity index (χ0) is 15.5. The number of piperidine rings is 1. The van der Waals surface area contributed by atoms with Crippen molar-refractivity contribution in [2.45, 2.75) is 37.6 Å². The summed E-state index contributed by atoms with van der Waals surface area (Å²) in [6, 6.07) is 7.86. The van der Waals surface area contributed by atoms with E-state index in [1.165, 1.54) is 12.8 Å². The first-order chi connectivity index (χ1) is 9.97. The van der Waals surface area contributed by atoms with Gasteiger partial charge in [0.2, 0.25) is 0 Å². The Morgan fingerprint density at radius 1 is 1.33 bits per heavy atom. The van der Waals surface area contributed by atoms with Crippen molar-refractivity contribution < 1.29 is 8.42 Å². The van der Waals surface area contributed by atoms with Crippen LogP contribution in [-0.4, -0.2) is 40.3 Å². The normalized spacial score (nSPS) is 21.3. The highest BCUT2D eigenvalue weighted by Crippen LogP contribution is 2.26. The summed E-state index contributed by atoms with van der Waals surface area (Å²) in [4.78, 5) is 2.79. The lowest BCUT2D eigenvalue weighted by Crippen LogP contribution is -2.43. The van der Waals surface area contributed by atoms with Crippen LogP contribution in [0.3, 0.4) is 0 Å². The molecule has 0 amide bonds. The molecule has 4 nitrogen and oxygen atoms in total. The highest BCUT2D eigenvalue weighted by molar-refractivity contribution is 7.91. The van der Waals surface area contributed by atoms with E-state index in [0.29, 0.717) is 16.9 Å². The van der Waals surface area contributed by atoms with E-state index in [1.807, 2.05) is 19.2 Å². The van der Waals surface area contributed by atoms with Crippen molar-refractivity contribution >= 4 is 15.5 Å². The van der Waals surface area contributed by atoms with Gasteiger partial charge in [0, 0.05) is 24.8 Å². The molecule has 1 aliphatic rings. The molecule has 0 bridgehead atoms. The summed E-state index contributed by atoms with van der Waals surface area (Å²) < 4.78 is 23.7. The van der Waals surface area contributed by atoms with Gasteiger partial charge in [-0.25, -0.2) is 8.42 Å². The van der Waals surface area contributed by atoms with Crippen molar-refractivity contribution in [1.82, 2.24) is 5.32 Å². The Bertz CT molecular complexity index is 554. The van der Waals surface area contributed by atoms with E-state index in [4.69, 9.17) is 0 Å². The molecular formula is C16H26N2O2S. The number of hydrogen-bond acceptors (Lipinski definition) is 4. The third kappa shape index (κ3) is 3.77. The van der Waals surface area contributed by atoms with Crippen LogP contribution in [0.1, 0.15) is 26.7 Å². The summed E-state index contributed by atoms with van der Waals surface area (Å²) in [6.45, 7) is 5.98. The Balaban J connectivity index is 2.12. The minimum absolute atomic E-state index is 0.151. The Morgan fingerprint density at radius 2 is 2.00 bits per heavy atom. The SMILES string of the molecule is CCS(=O)(=O)c1ccc(N2CCCC(C(C)NC)C2)cc1. The second-order valence-corrected chi connectivity index (χ2v) is 8.10. The monoisotopic (exact) mass is 310 g/mol. The van der Waals surface area contributed by atoms with Crippen LogP contribution in [0.15, 0.2) is 29.2 Å². The van der Waals surface area contributed by atoms with Crippen LogP contribution in [0.25, 0.3) is 0 Å². The molecular weight excluding hydrogens is 284 g/mol. The fourth-order valence-corrected chi connectivity index (χ4v) is 3.80. The van der Waals surface area contributed by atoms with E-state index in [9.17, 15) is 8.42 Å². The van der Waals surface area contributed by atoms with Crippen molar-refractivity contribution in [2.75, 3.05) is 30.8 Å². The molecule has 1 fully saturated rings. The summed E-state index contributed by atoms with van der Waals surface area (Å²) in [5.41, 5.74) is 1.12. The Labute approximate surface area is 128 Å². The fraction of sp³-hybridized carbons (Fsp3) is 0.625. The molecule has 2 atom stereocenters. The van der Waals surface area contributed by atoms with Gasteiger partial charge in [-0.15, -0.1) is 0 Å². The van der Waals surface area contributed by atoms with E-state index in [2.05, 4.69) is 17.1 Å². The first kappa shape index (κ1) is 16.3. The molecule has 0 spiro atoms. The lowest BCUT2D eigenvalue weighted by atomic mass is 9.91.